The number of hydrogen-bond donors (Lipinski definition) is 0. The maximum absolute atomic E-state index is 3.40. The lowest BCUT2D eigenvalue weighted by Crippen LogP contribution is -2.29. The summed E-state index contributed by atoms with van der Waals surface area (Å²) >= 11 is 0. The summed E-state index contributed by atoms with van der Waals surface area (Å²) < 4.78 is 0. The van der Waals surface area contributed by atoms with Gasteiger partial charge in [-0.25, -0.2) is 0 Å². The first kappa shape index (κ1) is 17.5. The minimum atomic E-state index is 0.377. The van der Waals surface area contributed by atoms with Crippen molar-refractivity contribution in [3.63, 3.8) is 0 Å². The second-order valence-electron chi connectivity index (χ2n) is 7.14. The molecule has 0 rings (SSSR count). The summed E-state index contributed by atoms with van der Waals surface area (Å²) in [5, 5.41) is 0. The van der Waals surface area contributed by atoms with Crippen molar-refractivity contribution in [2.24, 2.45) is 11.3 Å². The lowest BCUT2D eigenvalue weighted by Gasteiger charge is -2.27. The predicted octanol–water partition coefficient (Wildman–Crippen LogP) is 2.94. The molecule has 2 heteroatoms. The molecule has 106 valence electrons. The van der Waals surface area contributed by atoms with Gasteiger partial charge in [-0.3, -0.25) is 9.80 Å². The topological polar surface area (TPSA) is 6.48 Å². The van der Waals surface area contributed by atoms with Gasteiger partial charge < -0.3 is 0 Å². The highest BCUT2D eigenvalue weighted by Gasteiger charge is 2.19. The predicted molar refractivity (Wildman–Crippen MR) is 81.7 cm³/mol. The lowest BCUT2D eigenvalue weighted by molar-refractivity contribution is 0.246. The van der Waals surface area contributed by atoms with Crippen molar-refractivity contribution in [1.82, 2.24) is 9.80 Å². The van der Waals surface area contributed by atoms with Gasteiger partial charge in [0, 0.05) is 0 Å². The molecule has 0 amide bonds. The van der Waals surface area contributed by atoms with Crippen LogP contribution in [0.5, 0.6) is 0 Å². The summed E-state index contributed by atoms with van der Waals surface area (Å²) in [7, 11) is 8.36. The Morgan fingerprint density at radius 1 is 1.06 bits per heavy atom. The molecule has 0 bridgehead atoms. The molecule has 0 saturated carbocycles. The van der Waals surface area contributed by atoms with Crippen LogP contribution in [0.3, 0.4) is 0 Å². The zero-order valence-electron chi connectivity index (χ0n) is 13.7. The van der Waals surface area contributed by atoms with Gasteiger partial charge in [0.05, 0.1) is 12.6 Å². The smallest absolute Gasteiger partial charge is 0.0712 e. The maximum Gasteiger partial charge on any atom is 0.0712 e. The van der Waals surface area contributed by atoms with Crippen LogP contribution in [0.2, 0.25) is 0 Å². The zero-order chi connectivity index (χ0) is 14.3. The molecule has 0 aliphatic rings. The number of nitrogens with zero attached hydrogens (tertiary/aromatic N) is 2. The van der Waals surface area contributed by atoms with E-state index in [2.05, 4.69) is 77.5 Å². The normalized spacial score (nSPS) is 15.4. The van der Waals surface area contributed by atoms with E-state index in [-0.39, 0.29) is 0 Å². The van der Waals surface area contributed by atoms with E-state index in [0.717, 1.165) is 13.0 Å². The van der Waals surface area contributed by atoms with Crippen LogP contribution < -0.4 is 0 Å². The minimum Gasteiger partial charge on any atom is -0.299 e. The third-order valence-electron chi connectivity index (χ3n) is 2.87. The van der Waals surface area contributed by atoms with E-state index in [1.165, 1.54) is 6.42 Å². The van der Waals surface area contributed by atoms with Gasteiger partial charge in [0.15, 0.2) is 0 Å². The summed E-state index contributed by atoms with van der Waals surface area (Å²) in [6, 6.07) is 0.377. The van der Waals surface area contributed by atoms with Crippen LogP contribution in [0, 0.1) is 23.2 Å². The summed E-state index contributed by atoms with van der Waals surface area (Å²) in [5.74, 6) is 7.38. The monoisotopic (exact) mass is 252 g/mol. The van der Waals surface area contributed by atoms with Gasteiger partial charge in [0.2, 0.25) is 0 Å². The standard InChI is InChI=1S/C16H32N2/c1-14(13-16(2,3)4)12-15(18(7)8)10-9-11-17(5)6/h14-15H,11-13H2,1-8H3/t14-,15+/m1/s1. The molecule has 0 fully saturated rings. The Balaban J connectivity index is 4.39. The molecular weight excluding hydrogens is 220 g/mol. The minimum absolute atomic E-state index is 0.377. The van der Waals surface area contributed by atoms with Crippen molar-refractivity contribution in [3.8, 4) is 11.8 Å². The van der Waals surface area contributed by atoms with Crippen LogP contribution in [-0.4, -0.2) is 50.6 Å². The highest BCUT2D eigenvalue weighted by atomic mass is 15.1. The van der Waals surface area contributed by atoms with Crippen LogP contribution in [0.15, 0.2) is 0 Å². The molecule has 2 nitrogen and oxygen atoms in total. The Labute approximate surface area is 115 Å². The maximum atomic E-state index is 3.40. The van der Waals surface area contributed by atoms with E-state index in [4.69, 9.17) is 0 Å². The van der Waals surface area contributed by atoms with E-state index < -0.39 is 0 Å². The molecule has 18 heavy (non-hydrogen) atoms. The molecule has 0 aromatic heterocycles. The van der Waals surface area contributed by atoms with Gasteiger partial charge in [0.25, 0.3) is 0 Å². The Bertz CT molecular complexity index is 276. The van der Waals surface area contributed by atoms with Gasteiger partial charge in [-0.05, 0) is 52.4 Å². The van der Waals surface area contributed by atoms with Crippen LogP contribution in [0.4, 0.5) is 0 Å². The largest absolute Gasteiger partial charge is 0.299 e. The van der Waals surface area contributed by atoms with Crippen molar-refractivity contribution >= 4 is 0 Å². The summed E-state index contributed by atoms with van der Waals surface area (Å²) in [6.45, 7) is 10.1. The molecule has 0 unspecified atom stereocenters. The molecule has 0 aliphatic carbocycles. The molecule has 0 heterocycles. The SMILES string of the molecule is C[C@H](C[C@H](C#CCN(C)C)N(C)C)CC(C)(C)C. The highest BCUT2D eigenvalue weighted by Crippen LogP contribution is 2.27. The molecular formula is C16H32N2. The Morgan fingerprint density at radius 3 is 2.00 bits per heavy atom. The van der Waals surface area contributed by atoms with Gasteiger partial charge in [0.1, 0.15) is 0 Å². The fraction of sp³-hybridized carbons (Fsp3) is 0.875. The van der Waals surface area contributed by atoms with Crippen LogP contribution in [0.1, 0.15) is 40.5 Å². The average Bonchev–Trinajstić information content (AvgIpc) is 2.12. The van der Waals surface area contributed by atoms with E-state index in [0.29, 0.717) is 17.4 Å². The second kappa shape index (κ2) is 7.81. The van der Waals surface area contributed by atoms with Crippen molar-refractivity contribution in [1.29, 1.82) is 0 Å². The zero-order valence-corrected chi connectivity index (χ0v) is 13.7. The van der Waals surface area contributed by atoms with Gasteiger partial charge in [-0.15, -0.1) is 0 Å². The van der Waals surface area contributed by atoms with Crippen LogP contribution in [0.25, 0.3) is 0 Å². The third kappa shape index (κ3) is 9.50. The third-order valence-corrected chi connectivity index (χ3v) is 2.87. The quantitative estimate of drug-likeness (QED) is 0.694. The lowest BCUT2D eigenvalue weighted by atomic mass is 9.83. The first-order valence-electron chi connectivity index (χ1n) is 6.91. The first-order chi connectivity index (χ1) is 8.11. The van der Waals surface area contributed by atoms with Gasteiger partial charge in [-0.1, -0.05) is 39.5 Å². The molecule has 0 spiro atoms. The van der Waals surface area contributed by atoms with Crippen molar-refractivity contribution in [3.05, 3.63) is 0 Å². The van der Waals surface area contributed by atoms with E-state index >= 15 is 0 Å². The summed E-state index contributed by atoms with van der Waals surface area (Å²) in [6.07, 6.45) is 2.41. The highest BCUT2D eigenvalue weighted by molar-refractivity contribution is 5.09. The van der Waals surface area contributed by atoms with Crippen molar-refractivity contribution in [2.45, 2.75) is 46.6 Å². The fourth-order valence-electron chi connectivity index (χ4n) is 2.23. The first-order valence-corrected chi connectivity index (χ1v) is 6.91. The van der Waals surface area contributed by atoms with Gasteiger partial charge in [-0.2, -0.15) is 0 Å². The summed E-state index contributed by atoms with van der Waals surface area (Å²) in [4.78, 5) is 4.35. The second-order valence-corrected chi connectivity index (χ2v) is 7.14. The number of rotatable bonds is 5. The Kier molecular flexibility index (Phi) is 7.59. The molecule has 2 atom stereocenters. The van der Waals surface area contributed by atoms with Gasteiger partial charge >= 0.3 is 0 Å². The molecule has 0 radical (unpaired) electrons. The summed E-state index contributed by atoms with van der Waals surface area (Å²) in [5.41, 5.74) is 0.410. The van der Waals surface area contributed by atoms with E-state index in [9.17, 15) is 0 Å². The molecule has 0 aromatic rings. The Hall–Kier alpha value is -0.520. The molecule has 0 aliphatic heterocycles. The molecule has 0 saturated heterocycles. The average molecular weight is 252 g/mol. The van der Waals surface area contributed by atoms with Crippen LogP contribution in [-0.2, 0) is 0 Å². The van der Waals surface area contributed by atoms with E-state index in [1.807, 2.05) is 0 Å². The fourth-order valence-corrected chi connectivity index (χ4v) is 2.23. The molecule has 0 N–H and O–H groups in total. The molecule has 0 aromatic carbocycles. The van der Waals surface area contributed by atoms with Crippen molar-refractivity contribution < 1.29 is 0 Å². The number of hydrogen-bond acceptors (Lipinski definition) is 2. The van der Waals surface area contributed by atoms with Crippen LogP contribution >= 0.6 is 0 Å². The Morgan fingerprint density at radius 2 is 1.61 bits per heavy atom. The van der Waals surface area contributed by atoms with Crippen molar-refractivity contribution in [2.75, 3.05) is 34.7 Å². The van der Waals surface area contributed by atoms with E-state index in [1.54, 1.807) is 0 Å².